The van der Waals surface area contributed by atoms with E-state index in [0.717, 1.165) is 13.7 Å². The zero-order valence-corrected chi connectivity index (χ0v) is 12.3. The third kappa shape index (κ3) is 2.91. The van der Waals surface area contributed by atoms with Crippen LogP contribution >= 0.6 is 38.5 Å². The Morgan fingerprint density at radius 1 is 1.25 bits per heavy atom. The first kappa shape index (κ1) is 11.8. The minimum Gasteiger partial charge on any atom is -0.323 e. The van der Waals surface area contributed by atoms with Gasteiger partial charge in [-0.2, -0.15) is 0 Å². The van der Waals surface area contributed by atoms with Crippen LogP contribution in [0, 0.1) is 10.5 Å². The molecule has 0 aliphatic rings. The van der Waals surface area contributed by atoms with Crippen molar-refractivity contribution in [3.05, 3.63) is 44.2 Å². The van der Waals surface area contributed by atoms with Crippen LogP contribution in [-0.4, -0.2) is 9.97 Å². The lowest BCUT2D eigenvalue weighted by molar-refractivity contribution is 1.15. The zero-order valence-electron chi connectivity index (χ0n) is 8.54. The predicted octanol–water partition coefficient (Wildman–Crippen LogP) is 3.90. The summed E-state index contributed by atoms with van der Waals surface area (Å²) in [6.07, 6.45) is 3.55. The molecule has 16 heavy (non-hydrogen) atoms. The molecular weight excluding hydrogens is 381 g/mol. The first-order chi connectivity index (χ1) is 7.65. The maximum Gasteiger partial charge on any atom is 0.227 e. The molecule has 0 unspecified atom stereocenters. The van der Waals surface area contributed by atoms with Crippen molar-refractivity contribution in [3.8, 4) is 0 Å². The van der Waals surface area contributed by atoms with Gasteiger partial charge in [-0.25, -0.2) is 9.97 Å². The number of nitrogens with zero attached hydrogens (tertiary/aromatic N) is 2. The van der Waals surface area contributed by atoms with Crippen LogP contribution in [0.25, 0.3) is 0 Å². The van der Waals surface area contributed by atoms with Gasteiger partial charge in [-0.1, -0.05) is 6.07 Å². The molecule has 0 saturated carbocycles. The summed E-state index contributed by atoms with van der Waals surface area (Å²) < 4.78 is 2.03. The van der Waals surface area contributed by atoms with E-state index in [9.17, 15) is 0 Å². The molecule has 1 aromatic carbocycles. The van der Waals surface area contributed by atoms with E-state index in [0.29, 0.717) is 5.95 Å². The van der Waals surface area contributed by atoms with E-state index in [4.69, 9.17) is 0 Å². The summed E-state index contributed by atoms with van der Waals surface area (Å²) in [6, 6.07) is 6.09. The molecule has 82 valence electrons. The summed E-state index contributed by atoms with van der Waals surface area (Å²) in [4.78, 5) is 8.37. The Bertz CT molecular complexity index is 499. The number of aryl methyl sites for hydroxylation is 1. The second-order valence-electron chi connectivity index (χ2n) is 3.33. The number of benzene rings is 1. The van der Waals surface area contributed by atoms with E-state index in [1.54, 1.807) is 12.4 Å². The van der Waals surface area contributed by atoms with E-state index in [-0.39, 0.29) is 0 Å². The maximum absolute atomic E-state index is 4.19. The third-order valence-corrected chi connectivity index (χ3v) is 3.20. The lowest BCUT2D eigenvalue weighted by Gasteiger charge is -2.07. The van der Waals surface area contributed by atoms with Crippen LogP contribution in [0.15, 0.2) is 35.1 Å². The van der Waals surface area contributed by atoms with Gasteiger partial charge in [-0.3, -0.25) is 0 Å². The van der Waals surface area contributed by atoms with Crippen molar-refractivity contribution in [2.24, 2.45) is 0 Å². The van der Waals surface area contributed by atoms with Crippen LogP contribution in [0.4, 0.5) is 11.6 Å². The number of nitrogens with one attached hydrogen (secondary N) is 1. The van der Waals surface area contributed by atoms with Gasteiger partial charge in [0.2, 0.25) is 5.95 Å². The van der Waals surface area contributed by atoms with Crippen molar-refractivity contribution in [2.75, 3.05) is 5.32 Å². The minimum atomic E-state index is 0.602. The molecule has 0 saturated heterocycles. The van der Waals surface area contributed by atoms with Gasteiger partial charge >= 0.3 is 0 Å². The summed E-state index contributed by atoms with van der Waals surface area (Å²) in [6.45, 7) is 2.05. The highest BCUT2D eigenvalue weighted by atomic mass is 127. The molecule has 1 N–H and O–H groups in total. The topological polar surface area (TPSA) is 37.8 Å². The van der Waals surface area contributed by atoms with E-state index < -0.39 is 0 Å². The standard InChI is InChI=1S/C11H9BrIN3/c1-7-2-3-10(9(12)4-7)16-11-14-5-8(13)6-15-11/h2-6H,1H3,(H,14,15,16). The van der Waals surface area contributed by atoms with Crippen molar-refractivity contribution in [1.29, 1.82) is 0 Å². The molecule has 0 atom stereocenters. The van der Waals surface area contributed by atoms with Gasteiger partial charge in [0.1, 0.15) is 0 Å². The second kappa shape index (κ2) is 5.09. The quantitative estimate of drug-likeness (QED) is 0.791. The van der Waals surface area contributed by atoms with Gasteiger partial charge < -0.3 is 5.32 Å². The van der Waals surface area contributed by atoms with Gasteiger partial charge in [0.05, 0.1) is 5.69 Å². The van der Waals surface area contributed by atoms with E-state index in [1.165, 1.54) is 5.56 Å². The summed E-state index contributed by atoms with van der Waals surface area (Å²) in [5, 5.41) is 3.15. The number of hydrogen-bond acceptors (Lipinski definition) is 3. The Labute approximate surface area is 116 Å². The summed E-state index contributed by atoms with van der Waals surface area (Å²) >= 11 is 5.68. The van der Waals surface area contributed by atoms with Gasteiger partial charge in [-0.05, 0) is 63.1 Å². The molecule has 3 nitrogen and oxygen atoms in total. The second-order valence-corrected chi connectivity index (χ2v) is 5.43. The molecule has 2 rings (SSSR count). The number of rotatable bonds is 2. The highest BCUT2D eigenvalue weighted by Crippen LogP contribution is 2.25. The molecule has 2 aromatic rings. The molecule has 0 spiro atoms. The maximum atomic E-state index is 4.19. The fraction of sp³-hybridized carbons (Fsp3) is 0.0909. The van der Waals surface area contributed by atoms with Crippen LogP contribution in [0.1, 0.15) is 5.56 Å². The van der Waals surface area contributed by atoms with Gasteiger partial charge in [0, 0.05) is 20.4 Å². The average molecular weight is 390 g/mol. The predicted molar refractivity (Wildman–Crippen MR) is 76.9 cm³/mol. The number of halogens is 2. The van der Waals surface area contributed by atoms with Gasteiger partial charge in [0.15, 0.2) is 0 Å². The fourth-order valence-electron chi connectivity index (χ4n) is 1.22. The first-order valence-electron chi connectivity index (χ1n) is 4.66. The Morgan fingerprint density at radius 3 is 2.56 bits per heavy atom. The van der Waals surface area contributed by atoms with E-state index >= 15 is 0 Å². The monoisotopic (exact) mass is 389 g/mol. The Kier molecular flexibility index (Phi) is 3.75. The summed E-state index contributed by atoms with van der Waals surface area (Å²) in [5.74, 6) is 0.602. The van der Waals surface area contributed by atoms with Crippen LogP contribution in [-0.2, 0) is 0 Å². The number of hydrogen-bond donors (Lipinski definition) is 1. The summed E-state index contributed by atoms with van der Waals surface area (Å²) in [7, 11) is 0. The highest BCUT2D eigenvalue weighted by Gasteiger charge is 2.02. The largest absolute Gasteiger partial charge is 0.323 e. The SMILES string of the molecule is Cc1ccc(Nc2ncc(I)cn2)c(Br)c1. The smallest absolute Gasteiger partial charge is 0.227 e. The van der Waals surface area contributed by atoms with Crippen LogP contribution in [0.2, 0.25) is 0 Å². The van der Waals surface area contributed by atoms with E-state index in [2.05, 4.69) is 66.8 Å². The highest BCUT2D eigenvalue weighted by molar-refractivity contribution is 14.1. The molecule has 0 radical (unpaired) electrons. The van der Waals surface area contributed by atoms with Gasteiger partial charge in [0.25, 0.3) is 0 Å². The van der Waals surface area contributed by atoms with Crippen molar-refractivity contribution in [1.82, 2.24) is 9.97 Å². The molecule has 0 bridgehead atoms. The normalized spacial score (nSPS) is 10.2. The molecule has 1 heterocycles. The summed E-state index contributed by atoms with van der Waals surface area (Å²) in [5.41, 5.74) is 2.17. The molecule has 1 aromatic heterocycles. The molecule has 0 aliphatic heterocycles. The number of aromatic nitrogens is 2. The van der Waals surface area contributed by atoms with Crippen LogP contribution < -0.4 is 5.32 Å². The minimum absolute atomic E-state index is 0.602. The van der Waals surface area contributed by atoms with Crippen molar-refractivity contribution >= 4 is 50.2 Å². The van der Waals surface area contributed by atoms with Crippen molar-refractivity contribution in [2.45, 2.75) is 6.92 Å². The number of anilines is 2. The Balaban J connectivity index is 2.23. The molecule has 0 amide bonds. The third-order valence-electron chi connectivity index (χ3n) is 1.99. The lowest BCUT2D eigenvalue weighted by Crippen LogP contribution is -1.97. The molecular formula is C11H9BrIN3. The lowest BCUT2D eigenvalue weighted by atomic mass is 10.2. The fourth-order valence-corrected chi connectivity index (χ4v) is 2.09. The van der Waals surface area contributed by atoms with Crippen molar-refractivity contribution in [3.63, 3.8) is 0 Å². The Hall–Kier alpha value is -0.690. The van der Waals surface area contributed by atoms with E-state index in [1.807, 2.05) is 12.1 Å². The zero-order chi connectivity index (χ0) is 11.5. The average Bonchev–Trinajstić information content (AvgIpc) is 2.25. The van der Waals surface area contributed by atoms with Gasteiger partial charge in [-0.15, -0.1) is 0 Å². The van der Waals surface area contributed by atoms with Crippen LogP contribution in [0.3, 0.4) is 0 Å². The molecule has 0 fully saturated rings. The molecule has 0 aliphatic carbocycles. The molecule has 5 heteroatoms. The van der Waals surface area contributed by atoms with Crippen molar-refractivity contribution < 1.29 is 0 Å². The first-order valence-corrected chi connectivity index (χ1v) is 6.53. The Morgan fingerprint density at radius 2 is 1.94 bits per heavy atom. The van der Waals surface area contributed by atoms with Crippen LogP contribution in [0.5, 0.6) is 0 Å².